The number of nitrogens with one attached hydrogen (secondary N) is 1. The van der Waals surface area contributed by atoms with Crippen molar-refractivity contribution in [3.8, 4) is 0 Å². The molecular weight excluding hydrogens is 304 g/mol. The van der Waals surface area contributed by atoms with Crippen LogP contribution in [0.4, 0.5) is 0 Å². The summed E-state index contributed by atoms with van der Waals surface area (Å²) in [7, 11) is 0. The Hall–Kier alpha value is -3.02. The van der Waals surface area contributed by atoms with E-state index in [4.69, 9.17) is 0 Å². The van der Waals surface area contributed by atoms with E-state index >= 15 is 0 Å². The molecule has 0 saturated carbocycles. The molecule has 0 aliphatic rings. The molecule has 0 fully saturated rings. The Morgan fingerprint density at radius 3 is 2.75 bits per heavy atom. The number of carbonyl (C=O) groups excluding carboxylic acids is 1. The first-order valence-corrected chi connectivity index (χ1v) is 7.86. The molecule has 2 aromatic heterocycles. The molecule has 1 aromatic carbocycles. The third-order valence-electron chi connectivity index (χ3n) is 3.88. The molecule has 0 unspecified atom stereocenters. The Balaban J connectivity index is 1.80. The van der Waals surface area contributed by atoms with Crippen LogP contribution >= 0.6 is 0 Å². The van der Waals surface area contributed by atoms with E-state index < -0.39 is 0 Å². The lowest BCUT2D eigenvalue weighted by molar-refractivity contribution is 0.0925. The standard InChI is InChI=1S/C18H18N4O2/c1-2-14(21-17(23)16-9-5-6-10-19-16)12-22-18(24)15-8-4-3-7-13(15)11-20-22/h3-11,14H,2,12H2,1H3,(H,21,23)/t14-/m0/s1. The van der Waals surface area contributed by atoms with Gasteiger partial charge >= 0.3 is 0 Å². The summed E-state index contributed by atoms with van der Waals surface area (Å²) in [6.45, 7) is 2.27. The first-order chi connectivity index (χ1) is 11.7. The Bertz CT molecular complexity index is 906. The first kappa shape index (κ1) is 15.9. The van der Waals surface area contributed by atoms with E-state index in [-0.39, 0.29) is 17.5 Å². The maximum absolute atomic E-state index is 12.5. The van der Waals surface area contributed by atoms with E-state index in [2.05, 4.69) is 15.4 Å². The van der Waals surface area contributed by atoms with Crippen LogP contribution in [0.1, 0.15) is 23.8 Å². The SMILES string of the molecule is CC[C@@H](Cn1ncc2ccccc2c1=O)NC(=O)c1ccccn1. The van der Waals surface area contributed by atoms with Crippen molar-refractivity contribution in [1.82, 2.24) is 20.1 Å². The lowest BCUT2D eigenvalue weighted by Crippen LogP contribution is -2.40. The highest BCUT2D eigenvalue weighted by Crippen LogP contribution is 2.07. The number of nitrogens with zero attached hydrogens (tertiary/aromatic N) is 3. The van der Waals surface area contributed by atoms with E-state index in [1.54, 1.807) is 36.7 Å². The lowest BCUT2D eigenvalue weighted by atomic mass is 10.2. The molecule has 6 nitrogen and oxygen atoms in total. The second-order valence-corrected chi connectivity index (χ2v) is 5.51. The fourth-order valence-corrected chi connectivity index (χ4v) is 2.50. The quantitative estimate of drug-likeness (QED) is 0.779. The molecule has 0 aliphatic heterocycles. The summed E-state index contributed by atoms with van der Waals surface area (Å²) in [5.41, 5.74) is 0.202. The average molecular weight is 322 g/mol. The fraction of sp³-hybridized carbons (Fsp3) is 0.222. The molecule has 0 radical (unpaired) electrons. The van der Waals surface area contributed by atoms with Gasteiger partial charge in [-0.25, -0.2) is 4.68 Å². The molecule has 0 aliphatic carbocycles. The Labute approximate surface area is 139 Å². The molecule has 2 heterocycles. The number of rotatable bonds is 5. The van der Waals surface area contributed by atoms with Gasteiger partial charge in [0.05, 0.1) is 18.1 Å². The zero-order valence-corrected chi connectivity index (χ0v) is 13.3. The summed E-state index contributed by atoms with van der Waals surface area (Å²) in [5.74, 6) is -0.253. The number of pyridine rings is 1. The van der Waals surface area contributed by atoms with Crippen molar-refractivity contribution < 1.29 is 4.79 Å². The number of hydrogen-bond donors (Lipinski definition) is 1. The number of fused-ring (bicyclic) bond motifs is 1. The van der Waals surface area contributed by atoms with E-state index in [1.165, 1.54) is 4.68 Å². The maximum Gasteiger partial charge on any atom is 0.274 e. The van der Waals surface area contributed by atoms with Crippen LogP contribution in [0.25, 0.3) is 10.8 Å². The molecule has 0 bridgehead atoms. The predicted octanol–water partition coefficient (Wildman–Crippen LogP) is 2.00. The van der Waals surface area contributed by atoms with Gasteiger partial charge in [-0.15, -0.1) is 0 Å². The van der Waals surface area contributed by atoms with Crippen molar-refractivity contribution in [2.45, 2.75) is 25.9 Å². The van der Waals surface area contributed by atoms with Crippen molar-refractivity contribution >= 4 is 16.7 Å². The summed E-state index contributed by atoms with van der Waals surface area (Å²) in [4.78, 5) is 28.8. The minimum absolute atomic E-state index is 0.154. The van der Waals surface area contributed by atoms with Crippen LogP contribution in [-0.2, 0) is 6.54 Å². The monoisotopic (exact) mass is 322 g/mol. The van der Waals surface area contributed by atoms with Crippen LogP contribution in [0, 0.1) is 0 Å². The summed E-state index contributed by atoms with van der Waals surface area (Å²) < 4.78 is 1.40. The molecule has 6 heteroatoms. The lowest BCUT2D eigenvalue weighted by Gasteiger charge is -2.17. The molecular formula is C18H18N4O2. The highest BCUT2D eigenvalue weighted by Gasteiger charge is 2.15. The van der Waals surface area contributed by atoms with Crippen LogP contribution in [0.3, 0.4) is 0 Å². The third kappa shape index (κ3) is 3.32. The van der Waals surface area contributed by atoms with Gasteiger partial charge in [-0.1, -0.05) is 31.2 Å². The fourth-order valence-electron chi connectivity index (χ4n) is 2.50. The summed E-state index contributed by atoms with van der Waals surface area (Å²) in [6.07, 6.45) is 3.93. The predicted molar refractivity (Wildman–Crippen MR) is 91.8 cm³/mol. The minimum Gasteiger partial charge on any atom is -0.346 e. The molecule has 1 atom stereocenters. The van der Waals surface area contributed by atoms with Gasteiger partial charge in [0, 0.05) is 17.6 Å². The second-order valence-electron chi connectivity index (χ2n) is 5.51. The van der Waals surface area contributed by atoms with Gasteiger partial charge < -0.3 is 5.32 Å². The Morgan fingerprint density at radius 2 is 2.00 bits per heavy atom. The first-order valence-electron chi connectivity index (χ1n) is 7.86. The van der Waals surface area contributed by atoms with E-state index in [1.807, 2.05) is 25.1 Å². The van der Waals surface area contributed by atoms with Crippen LogP contribution in [0.15, 0.2) is 59.7 Å². The number of amides is 1. The van der Waals surface area contributed by atoms with E-state index in [9.17, 15) is 9.59 Å². The van der Waals surface area contributed by atoms with E-state index in [0.717, 1.165) is 5.39 Å². The van der Waals surface area contributed by atoms with Gasteiger partial charge in [-0.3, -0.25) is 14.6 Å². The molecule has 1 amide bonds. The summed E-state index contributed by atoms with van der Waals surface area (Å²) in [6, 6.07) is 12.3. The largest absolute Gasteiger partial charge is 0.346 e. The molecule has 1 N–H and O–H groups in total. The maximum atomic E-state index is 12.5. The van der Waals surface area contributed by atoms with Crippen molar-refractivity contribution in [1.29, 1.82) is 0 Å². The normalized spacial score (nSPS) is 12.0. The zero-order valence-electron chi connectivity index (χ0n) is 13.3. The topological polar surface area (TPSA) is 76.9 Å². The van der Waals surface area contributed by atoms with Crippen molar-refractivity contribution in [2.24, 2.45) is 0 Å². The van der Waals surface area contributed by atoms with Crippen molar-refractivity contribution in [3.63, 3.8) is 0 Å². The van der Waals surface area contributed by atoms with E-state index in [0.29, 0.717) is 24.0 Å². The van der Waals surface area contributed by atoms with Crippen LogP contribution in [0.2, 0.25) is 0 Å². The van der Waals surface area contributed by atoms with Gasteiger partial charge in [-0.2, -0.15) is 5.10 Å². The number of hydrogen-bond acceptors (Lipinski definition) is 4. The summed E-state index contributed by atoms with van der Waals surface area (Å²) >= 11 is 0. The molecule has 3 rings (SSSR count). The highest BCUT2D eigenvalue weighted by molar-refractivity contribution is 5.92. The smallest absolute Gasteiger partial charge is 0.274 e. The van der Waals surface area contributed by atoms with Crippen molar-refractivity contribution in [2.75, 3.05) is 0 Å². The second kappa shape index (κ2) is 7.04. The van der Waals surface area contributed by atoms with Crippen molar-refractivity contribution in [3.05, 3.63) is 70.9 Å². The average Bonchev–Trinajstić information content (AvgIpc) is 2.64. The van der Waals surface area contributed by atoms with Crippen LogP contribution < -0.4 is 10.9 Å². The Kier molecular flexibility index (Phi) is 4.65. The van der Waals surface area contributed by atoms with Gasteiger partial charge in [0.1, 0.15) is 5.69 Å². The minimum atomic E-state index is -0.253. The molecule has 122 valence electrons. The highest BCUT2D eigenvalue weighted by atomic mass is 16.2. The van der Waals surface area contributed by atoms with Crippen LogP contribution in [0.5, 0.6) is 0 Å². The molecule has 0 saturated heterocycles. The molecule has 0 spiro atoms. The number of aromatic nitrogens is 3. The van der Waals surface area contributed by atoms with Gasteiger partial charge in [0.2, 0.25) is 0 Å². The number of carbonyl (C=O) groups is 1. The molecule has 3 aromatic rings. The Morgan fingerprint density at radius 1 is 1.21 bits per heavy atom. The summed E-state index contributed by atoms with van der Waals surface area (Å²) in [5, 5.41) is 8.55. The molecule has 24 heavy (non-hydrogen) atoms. The van der Waals surface area contributed by atoms with Gasteiger partial charge in [0.25, 0.3) is 11.5 Å². The zero-order chi connectivity index (χ0) is 16.9. The van der Waals surface area contributed by atoms with Gasteiger partial charge in [-0.05, 0) is 24.6 Å². The number of benzene rings is 1. The van der Waals surface area contributed by atoms with Gasteiger partial charge in [0.15, 0.2) is 0 Å². The third-order valence-corrected chi connectivity index (χ3v) is 3.88. The van der Waals surface area contributed by atoms with Crippen LogP contribution in [-0.4, -0.2) is 26.7 Å².